The molecule has 1 aliphatic rings. The zero-order chi connectivity index (χ0) is 10.2. The van der Waals surface area contributed by atoms with E-state index in [0.29, 0.717) is 0 Å². The molecule has 0 bridgehead atoms. The highest BCUT2D eigenvalue weighted by Gasteiger charge is 2.37. The van der Waals surface area contributed by atoms with Crippen molar-refractivity contribution >= 4 is 23.2 Å². The molecule has 0 aromatic carbocycles. The van der Waals surface area contributed by atoms with Gasteiger partial charge < -0.3 is 0 Å². The van der Waals surface area contributed by atoms with Crippen molar-refractivity contribution in [2.75, 3.05) is 0 Å². The second kappa shape index (κ2) is 3.60. The lowest BCUT2D eigenvalue weighted by Crippen LogP contribution is -2.23. The molecule has 0 saturated heterocycles. The van der Waals surface area contributed by atoms with Crippen molar-refractivity contribution in [3.05, 3.63) is 22.3 Å². The molecule has 0 aromatic rings. The Morgan fingerprint density at radius 3 is 2.38 bits per heavy atom. The number of hydrogen-bond donors (Lipinski definition) is 0. The number of rotatable bonds is 0. The first-order valence-electron chi connectivity index (χ1n) is 3.14. The van der Waals surface area contributed by atoms with Gasteiger partial charge in [0.2, 0.25) is 0 Å². The molecule has 0 heterocycles. The first-order valence-corrected chi connectivity index (χ1v) is 3.95. The molecule has 2 unspecified atom stereocenters. The normalized spacial score (nSPS) is 29.2. The van der Waals surface area contributed by atoms with Gasteiger partial charge in [0.25, 0.3) is 0 Å². The predicted octanol–water partition coefficient (Wildman–Crippen LogP) is 3.11. The summed E-state index contributed by atoms with van der Waals surface area (Å²) in [6.07, 6.45) is -2.14. The molecule has 0 fully saturated rings. The smallest absolute Gasteiger partial charge is 0.161 e. The topological polar surface area (TPSA) is 23.8 Å². The quantitative estimate of drug-likeness (QED) is 0.584. The fourth-order valence-corrected chi connectivity index (χ4v) is 1.36. The van der Waals surface area contributed by atoms with Gasteiger partial charge in [0.15, 0.2) is 12.0 Å². The van der Waals surface area contributed by atoms with Crippen molar-refractivity contribution < 1.29 is 13.2 Å². The van der Waals surface area contributed by atoms with E-state index in [4.69, 9.17) is 28.5 Å². The Labute approximate surface area is 82.0 Å². The van der Waals surface area contributed by atoms with Gasteiger partial charge in [0.1, 0.15) is 22.8 Å². The maximum atomic E-state index is 12.9. The maximum Gasteiger partial charge on any atom is 0.161 e. The molecule has 0 aromatic heterocycles. The highest BCUT2D eigenvalue weighted by molar-refractivity contribution is 6.33. The lowest BCUT2D eigenvalue weighted by molar-refractivity contribution is 0.355. The maximum absolute atomic E-state index is 12.9. The zero-order valence-corrected chi connectivity index (χ0v) is 7.50. The molecule has 0 saturated carbocycles. The van der Waals surface area contributed by atoms with E-state index < -0.39 is 33.8 Å². The van der Waals surface area contributed by atoms with Crippen LogP contribution in [-0.2, 0) is 0 Å². The van der Waals surface area contributed by atoms with Crippen LogP contribution in [0, 0.1) is 11.3 Å². The summed E-state index contributed by atoms with van der Waals surface area (Å²) in [5, 5.41) is 5.71. The van der Waals surface area contributed by atoms with Crippen molar-refractivity contribution in [2.24, 2.45) is 0 Å². The summed E-state index contributed by atoms with van der Waals surface area (Å²) in [4.78, 5) is 0. The minimum Gasteiger partial charge on any atom is -0.239 e. The number of nitrogens with zero attached hydrogens (tertiary/aromatic N) is 1. The number of hydrogen-bond acceptors (Lipinski definition) is 1. The van der Waals surface area contributed by atoms with E-state index >= 15 is 0 Å². The van der Waals surface area contributed by atoms with Gasteiger partial charge in [-0.3, -0.25) is 0 Å². The van der Waals surface area contributed by atoms with Crippen LogP contribution in [0.3, 0.4) is 0 Å². The van der Waals surface area contributed by atoms with Crippen LogP contribution >= 0.6 is 23.2 Å². The molecule has 0 spiro atoms. The zero-order valence-electron chi connectivity index (χ0n) is 5.99. The Morgan fingerprint density at radius 2 is 1.92 bits per heavy atom. The summed E-state index contributed by atoms with van der Waals surface area (Å²) < 4.78 is 38.5. The molecular weight excluding hydrogens is 226 g/mol. The van der Waals surface area contributed by atoms with E-state index in [-0.39, 0.29) is 0 Å². The Kier molecular flexibility index (Phi) is 2.89. The minimum absolute atomic E-state index is 0.863. The molecule has 0 radical (unpaired) electrons. The minimum atomic E-state index is -2.14. The lowest BCUT2D eigenvalue weighted by Gasteiger charge is -2.18. The van der Waals surface area contributed by atoms with Crippen LogP contribution < -0.4 is 0 Å². The Morgan fingerprint density at radius 1 is 1.38 bits per heavy atom. The second-order valence-corrected chi connectivity index (χ2v) is 3.18. The van der Waals surface area contributed by atoms with Crippen LogP contribution in [-0.4, -0.2) is 11.5 Å². The highest BCUT2D eigenvalue weighted by Crippen LogP contribution is 2.38. The van der Waals surface area contributed by atoms with Crippen molar-refractivity contribution in [1.29, 1.82) is 5.26 Å². The van der Waals surface area contributed by atoms with Crippen molar-refractivity contribution in [1.82, 2.24) is 0 Å². The molecule has 6 heteroatoms. The molecule has 1 aliphatic carbocycles. The van der Waals surface area contributed by atoms with Gasteiger partial charge in [-0.1, -0.05) is 11.6 Å². The van der Waals surface area contributed by atoms with Crippen LogP contribution in [0.4, 0.5) is 13.2 Å². The van der Waals surface area contributed by atoms with Gasteiger partial charge in [0.05, 0.1) is 5.03 Å². The van der Waals surface area contributed by atoms with Crippen LogP contribution in [0.5, 0.6) is 0 Å². The third-order valence-corrected chi connectivity index (χ3v) is 2.31. The van der Waals surface area contributed by atoms with Crippen molar-refractivity contribution in [3.63, 3.8) is 0 Å². The predicted molar refractivity (Wildman–Crippen MR) is 42.3 cm³/mol. The van der Waals surface area contributed by atoms with Crippen LogP contribution in [0.2, 0.25) is 0 Å². The average molecular weight is 228 g/mol. The van der Waals surface area contributed by atoms with Gasteiger partial charge in [-0.2, -0.15) is 5.26 Å². The summed E-state index contributed by atoms with van der Waals surface area (Å²) in [7, 11) is 0. The highest BCUT2D eigenvalue weighted by atomic mass is 35.5. The van der Waals surface area contributed by atoms with E-state index in [2.05, 4.69) is 0 Å². The number of nitriles is 1. The van der Waals surface area contributed by atoms with E-state index in [9.17, 15) is 13.2 Å². The molecule has 0 N–H and O–H groups in total. The third-order valence-electron chi connectivity index (χ3n) is 1.52. The fraction of sp³-hybridized carbons (Fsp3) is 0.286. The van der Waals surface area contributed by atoms with Gasteiger partial charge in [-0.25, -0.2) is 13.2 Å². The molecule has 0 amide bonds. The molecule has 0 aliphatic heterocycles. The van der Waals surface area contributed by atoms with Gasteiger partial charge in [-0.05, 0) is 0 Å². The van der Waals surface area contributed by atoms with E-state index in [0.717, 1.165) is 0 Å². The fourth-order valence-electron chi connectivity index (χ4n) is 0.843. The molecule has 1 rings (SSSR count). The summed E-state index contributed by atoms with van der Waals surface area (Å²) in [5.41, 5.74) is -0.932. The summed E-state index contributed by atoms with van der Waals surface area (Å²) in [6.45, 7) is 0. The van der Waals surface area contributed by atoms with Gasteiger partial charge >= 0.3 is 0 Å². The summed E-state index contributed by atoms with van der Waals surface area (Å²) in [5.74, 6) is -2.70. The first-order chi connectivity index (χ1) is 6.00. The largest absolute Gasteiger partial charge is 0.239 e. The number of alkyl halides is 2. The molecule has 1 nitrogen and oxygen atoms in total. The van der Waals surface area contributed by atoms with Crippen molar-refractivity contribution in [2.45, 2.75) is 11.5 Å². The third kappa shape index (κ3) is 1.54. The Hall–Kier alpha value is -0.660. The first kappa shape index (κ1) is 10.4. The molecule has 13 heavy (non-hydrogen) atoms. The Bertz CT molecular complexity index is 342. The monoisotopic (exact) mass is 227 g/mol. The van der Waals surface area contributed by atoms with E-state index in [1.807, 2.05) is 0 Å². The number of allylic oxidation sites excluding steroid dienone is 4. The lowest BCUT2D eigenvalue weighted by atomic mass is 10.0. The second-order valence-electron chi connectivity index (χ2n) is 2.30. The molecule has 2 atom stereocenters. The van der Waals surface area contributed by atoms with Crippen LogP contribution in [0.25, 0.3) is 0 Å². The average Bonchev–Trinajstić information content (AvgIpc) is 2.13. The van der Waals surface area contributed by atoms with E-state index in [1.165, 1.54) is 6.07 Å². The van der Waals surface area contributed by atoms with Crippen LogP contribution in [0.15, 0.2) is 22.3 Å². The standard InChI is InChI=1S/C7H2Cl2F3N/c8-3-5(10)2(1-13)6(11)4(9)7(3)12/h3,7H. The summed E-state index contributed by atoms with van der Waals surface area (Å²) >= 11 is 10.4. The molecule has 70 valence electrons. The van der Waals surface area contributed by atoms with Gasteiger partial charge in [0, 0.05) is 0 Å². The van der Waals surface area contributed by atoms with Crippen LogP contribution in [0.1, 0.15) is 0 Å². The Balaban J connectivity index is 3.29. The van der Waals surface area contributed by atoms with Gasteiger partial charge in [-0.15, -0.1) is 11.6 Å². The molecular formula is C7H2Cl2F3N. The van der Waals surface area contributed by atoms with E-state index in [1.54, 1.807) is 0 Å². The van der Waals surface area contributed by atoms with Crippen molar-refractivity contribution in [3.8, 4) is 6.07 Å². The summed E-state index contributed by atoms with van der Waals surface area (Å²) in [6, 6.07) is 1.22. The SMILES string of the molecule is N#CC1=C(F)C(Cl)C(F)C(Cl)=C1F. The number of halogens is 5.